The van der Waals surface area contributed by atoms with Gasteiger partial charge in [-0.1, -0.05) is 15.9 Å². The van der Waals surface area contributed by atoms with Crippen molar-refractivity contribution in [3.63, 3.8) is 0 Å². The van der Waals surface area contributed by atoms with Crippen molar-refractivity contribution in [2.75, 3.05) is 20.3 Å². The van der Waals surface area contributed by atoms with E-state index in [9.17, 15) is 14.4 Å². The maximum absolute atomic E-state index is 12.2. The van der Waals surface area contributed by atoms with E-state index in [4.69, 9.17) is 15.2 Å². The third kappa shape index (κ3) is 3.90. The second-order valence-electron chi connectivity index (χ2n) is 4.69. The molecule has 1 fully saturated rings. The van der Waals surface area contributed by atoms with Crippen molar-refractivity contribution in [3.8, 4) is 11.5 Å². The van der Waals surface area contributed by atoms with Crippen molar-refractivity contribution in [3.05, 3.63) is 27.1 Å². The number of rotatable bonds is 6. The van der Waals surface area contributed by atoms with Gasteiger partial charge in [-0.05, 0) is 42.5 Å². The number of nitrogens with two attached hydrogens (primary N) is 1. The van der Waals surface area contributed by atoms with E-state index < -0.39 is 23.6 Å². The van der Waals surface area contributed by atoms with Gasteiger partial charge in [-0.3, -0.25) is 19.3 Å². The lowest BCUT2D eigenvalue weighted by atomic mass is 10.2. The van der Waals surface area contributed by atoms with Crippen LogP contribution in [-0.2, 0) is 9.59 Å². The van der Waals surface area contributed by atoms with Crippen LogP contribution in [0.2, 0.25) is 0 Å². The minimum atomic E-state index is -0.748. The Labute approximate surface area is 151 Å². The SMILES string of the molecule is CCOc1cc(Br)c(/C=C2\SC(=O)N(CC(N)=O)C2=O)cc1OC. The van der Waals surface area contributed by atoms with Crippen LogP contribution in [0.5, 0.6) is 11.5 Å². The molecule has 0 bridgehead atoms. The fourth-order valence-electron chi connectivity index (χ4n) is 2.02. The number of imide groups is 1. The highest BCUT2D eigenvalue weighted by atomic mass is 79.9. The second-order valence-corrected chi connectivity index (χ2v) is 6.54. The summed E-state index contributed by atoms with van der Waals surface area (Å²) in [5, 5.41) is -0.529. The summed E-state index contributed by atoms with van der Waals surface area (Å²) in [4.78, 5) is 36.0. The van der Waals surface area contributed by atoms with Crippen molar-refractivity contribution in [2.24, 2.45) is 5.73 Å². The van der Waals surface area contributed by atoms with Crippen LogP contribution in [0, 0.1) is 0 Å². The highest BCUT2D eigenvalue weighted by Crippen LogP contribution is 2.37. The largest absolute Gasteiger partial charge is 0.493 e. The van der Waals surface area contributed by atoms with Gasteiger partial charge in [0.15, 0.2) is 11.5 Å². The summed E-state index contributed by atoms with van der Waals surface area (Å²) in [7, 11) is 1.51. The van der Waals surface area contributed by atoms with Crippen LogP contribution in [-0.4, -0.2) is 42.2 Å². The fourth-order valence-corrected chi connectivity index (χ4v) is 3.29. The first kappa shape index (κ1) is 18.3. The van der Waals surface area contributed by atoms with E-state index in [0.717, 1.165) is 16.7 Å². The van der Waals surface area contributed by atoms with Crippen molar-refractivity contribution in [1.82, 2.24) is 4.90 Å². The number of carbonyl (C=O) groups excluding carboxylic acids is 3. The van der Waals surface area contributed by atoms with E-state index in [2.05, 4.69) is 15.9 Å². The number of nitrogens with zero attached hydrogens (tertiary/aromatic N) is 1. The minimum Gasteiger partial charge on any atom is -0.493 e. The van der Waals surface area contributed by atoms with Crippen LogP contribution < -0.4 is 15.2 Å². The molecule has 0 atom stereocenters. The van der Waals surface area contributed by atoms with Gasteiger partial charge in [0.2, 0.25) is 5.91 Å². The van der Waals surface area contributed by atoms with Gasteiger partial charge < -0.3 is 15.2 Å². The van der Waals surface area contributed by atoms with Crippen LogP contribution in [0.15, 0.2) is 21.5 Å². The van der Waals surface area contributed by atoms with Crippen LogP contribution in [0.25, 0.3) is 6.08 Å². The Hall–Kier alpha value is -2.00. The molecule has 0 aliphatic carbocycles. The molecule has 1 saturated heterocycles. The standard InChI is InChI=1S/C15H15BrN2O5S/c1-3-23-11-6-9(16)8(4-10(11)22-2)5-12-14(20)18(7-13(17)19)15(21)24-12/h4-6H,3,7H2,1-2H3,(H2,17,19)/b12-5-. The Morgan fingerprint density at radius 3 is 2.67 bits per heavy atom. The summed E-state index contributed by atoms with van der Waals surface area (Å²) < 4.78 is 11.4. The maximum Gasteiger partial charge on any atom is 0.294 e. The van der Waals surface area contributed by atoms with Gasteiger partial charge >= 0.3 is 0 Å². The van der Waals surface area contributed by atoms with Gasteiger partial charge in [0.1, 0.15) is 6.54 Å². The molecule has 24 heavy (non-hydrogen) atoms. The lowest BCUT2D eigenvalue weighted by Crippen LogP contribution is -2.36. The zero-order valence-electron chi connectivity index (χ0n) is 13.0. The van der Waals surface area contributed by atoms with Crippen molar-refractivity contribution in [2.45, 2.75) is 6.92 Å². The predicted octanol–water partition coefficient (Wildman–Crippen LogP) is 2.38. The van der Waals surface area contributed by atoms with E-state index >= 15 is 0 Å². The average molecular weight is 415 g/mol. The van der Waals surface area contributed by atoms with Crippen molar-refractivity contribution >= 4 is 50.8 Å². The maximum atomic E-state index is 12.2. The number of amides is 3. The molecule has 1 aliphatic rings. The Morgan fingerprint density at radius 1 is 1.38 bits per heavy atom. The number of benzene rings is 1. The summed E-state index contributed by atoms with van der Waals surface area (Å²) in [5.41, 5.74) is 5.69. The molecule has 2 N–H and O–H groups in total. The Kier molecular flexibility index (Phi) is 5.89. The number of hydrogen-bond acceptors (Lipinski definition) is 6. The molecular formula is C15H15BrN2O5S. The molecule has 1 aromatic carbocycles. The number of primary amides is 1. The van der Waals surface area contributed by atoms with E-state index in [1.54, 1.807) is 18.2 Å². The topological polar surface area (TPSA) is 98.9 Å². The molecular weight excluding hydrogens is 400 g/mol. The van der Waals surface area contributed by atoms with Gasteiger partial charge in [0.05, 0.1) is 18.6 Å². The fraction of sp³-hybridized carbons (Fsp3) is 0.267. The first-order valence-corrected chi connectivity index (χ1v) is 8.52. The summed E-state index contributed by atoms with van der Waals surface area (Å²) in [6, 6.07) is 3.42. The molecule has 1 heterocycles. The second kappa shape index (κ2) is 7.71. The molecule has 0 aromatic heterocycles. The van der Waals surface area contributed by atoms with Gasteiger partial charge in [-0.15, -0.1) is 0 Å². The summed E-state index contributed by atoms with van der Waals surface area (Å²) in [6.45, 7) is 1.90. The molecule has 2 rings (SSSR count). The zero-order chi connectivity index (χ0) is 17.9. The number of hydrogen-bond donors (Lipinski definition) is 1. The third-order valence-corrected chi connectivity index (χ3v) is 4.65. The molecule has 1 aliphatic heterocycles. The first-order chi connectivity index (χ1) is 11.4. The van der Waals surface area contributed by atoms with E-state index in [-0.39, 0.29) is 4.91 Å². The van der Waals surface area contributed by atoms with Gasteiger partial charge in [0, 0.05) is 4.47 Å². The van der Waals surface area contributed by atoms with Gasteiger partial charge in [-0.2, -0.15) is 0 Å². The third-order valence-electron chi connectivity index (χ3n) is 3.06. The highest BCUT2D eigenvalue weighted by Gasteiger charge is 2.36. The number of halogens is 1. The molecule has 0 spiro atoms. The van der Waals surface area contributed by atoms with E-state index in [1.165, 1.54) is 7.11 Å². The van der Waals surface area contributed by atoms with E-state index in [0.29, 0.717) is 28.1 Å². The minimum absolute atomic E-state index is 0.202. The number of ether oxygens (including phenoxy) is 2. The Bertz CT molecular complexity index is 735. The lowest BCUT2D eigenvalue weighted by Gasteiger charge is -2.12. The normalized spacial score (nSPS) is 16.0. The number of thioether (sulfide) groups is 1. The predicted molar refractivity (Wildman–Crippen MR) is 93.7 cm³/mol. The summed E-state index contributed by atoms with van der Waals surface area (Å²) in [6.07, 6.45) is 1.55. The average Bonchev–Trinajstić information content (AvgIpc) is 2.77. The molecule has 9 heteroatoms. The van der Waals surface area contributed by atoms with E-state index in [1.807, 2.05) is 6.92 Å². The molecule has 3 amide bonds. The molecule has 128 valence electrons. The summed E-state index contributed by atoms with van der Waals surface area (Å²) >= 11 is 4.16. The highest BCUT2D eigenvalue weighted by molar-refractivity contribution is 9.10. The number of methoxy groups -OCH3 is 1. The molecule has 1 aromatic rings. The van der Waals surface area contributed by atoms with Gasteiger partial charge in [-0.25, -0.2) is 0 Å². The zero-order valence-corrected chi connectivity index (χ0v) is 15.4. The quantitative estimate of drug-likeness (QED) is 0.717. The van der Waals surface area contributed by atoms with Crippen LogP contribution in [0.1, 0.15) is 12.5 Å². The molecule has 0 saturated carbocycles. The van der Waals surface area contributed by atoms with Crippen LogP contribution in [0.4, 0.5) is 4.79 Å². The first-order valence-electron chi connectivity index (χ1n) is 6.91. The van der Waals surface area contributed by atoms with Crippen LogP contribution in [0.3, 0.4) is 0 Å². The molecule has 0 unspecified atom stereocenters. The smallest absolute Gasteiger partial charge is 0.294 e. The molecule has 7 nitrogen and oxygen atoms in total. The lowest BCUT2D eigenvalue weighted by molar-refractivity contribution is -0.127. The van der Waals surface area contributed by atoms with Gasteiger partial charge in [0.25, 0.3) is 11.1 Å². The Morgan fingerprint density at radius 2 is 2.08 bits per heavy atom. The monoisotopic (exact) mass is 414 g/mol. The number of carbonyl (C=O) groups is 3. The van der Waals surface area contributed by atoms with Crippen LogP contribution >= 0.6 is 27.7 Å². The summed E-state index contributed by atoms with van der Waals surface area (Å²) in [5.74, 6) is -0.237. The molecule has 0 radical (unpaired) electrons. The Balaban J connectivity index is 2.36. The van der Waals surface area contributed by atoms with Crippen molar-refractivity contribution < 1.29 is 23.9 Å². The van der Waals surface area contributed by atoms with Crippen molar-refractivity contribution in [1.29, 1.82) is 0 Å².